The minimum Gasteiger partial charge on any atom is -0.444 e. The van der Waals surface area contributed by atoms with Crippen LogP contribution in [0.5, 0.6) is 0 Å². The molecule has 0 aromatic heterocycles. The Morgan fingerprint density at radius 2 is 1.58 bits per heavy atom. The second-order valence-electron chi connectivity index (χ2n) is 7.99. The first-order valence-electron chi connectivity index (χ1n) is 9.12. The summed E-state index contributed by atoms with van der Waals surface area (Å²) in [4.78, 5) is 16.4. The van der Waals surface area contributed by atoms with Crippen molar-refractivity contribution in [1.29, 1.82) is 0 Å². The van der Waals surface area contributed by atoms with Gasteiger partial charge in [0.05, 0.1) is 17.7 Å². The fraction of sp³-hybridized carbons (Fsp3) is 0.889. The van der Waals surface area contributed by atoms with E-state index in [4.69, 9.17) is 4.74 Å². The summed E-state index contributed by atoms with van der Waals surface area (Å²) >= 11 is 0. The molecule has 0 aliphatic heterocycles. The summed E-state index contributed by atoms with van der Waals surface area (Å²) in [6, 6.07) is 0. The van der Waals surface area contributed by atoms with Crippen LogP contribution in [-0.4, -0.2) is 53.5 Å². The van der Waals surface area contributed by atoms with Gasteiger partial charge in [-0.05, 0) is 54.4 Å². The minimum absolute atomic E-state index is 0. The van der Waals surface area contributed by atoms with E-state index < -0.39 is 22.8 Å². The van der Waals surface area contributed by atoms with Gasteiger partial charge in [-0.25, -0.2) is 4.79 Å². The van der Waals surface area contributed by atoms with Gasteiger partial charge in [-0.1, -0.05) is 13.8 Å². The van der Waals surface area contributed by atoms with Gasteiger partial charge in [0.1, 0.15) is 5.60 Å². The van der Waals surface area contributed by atoms with Crippen LogP contribution in [0.1, 0.15) is 68.2 Å². The van der Waals surface area contributed by atoms with Gasteiger partial charge in [0.2, 0.25) is 0 Å². The zero-order valence-corrected chi connectivity index (χ0v) is 20.0. The molecule has 0 aromatic carbocycles. The van der Waals surface area contributed by atoms with Crippen molar-refractivity contribution in [2.45, 2.75) is 85.0 Å². The number of halogens is 1. The number of guanidine groups is 1. The number of aliphatic hydroxyl groups is 1. The summed E-state index contributed by atoms with van der Waals surface area (Å²) in [5.41, 5.74) is -1.84. The highest BCUT2D eigenvalue weighted by Crippen LogP contribution is 2.14. The van der Waals surface area contributed by atoms with Gasteiger partial charge in [0.25, 0.3) is 0 Å². The van der Waals surface area contributed by atoms with Crippen LogP contribution >= 0.6 is 24.0 Å². The van der Waals surface area contributed by atoms with Crippen molar-refractivity contribution < 1.29 is 14.6 Å². The van der Waals surface area contributed by atoms with Crippen molar-refractivity contribution in [1.82, 2.24) is 16.0 Å². The SMILES string of the molecule is CCNC(=NCC(O)(CC)CC)NCC(C)(C)NC(=O)OC(C)(C)C.I. The van der Waals surface area contributed by atoms with Gasteiger partial charge in [-0.15, -0.1) is 24.0 Å². The first-order chi connectivity index (χ1) is 11.4. The molecule has 0 unspecified atom stereocenters. The molecular formula is C18H39IN4O3. The normalized spacial score (nSPS) is 12.9. The number of aliphatic imine (C=N–C) groups is 1. The number of amides is 1. The van der Waals surface area contributed by atoms with Gasteiger partial charge in [-0.2, -0.15) is 0 Å². The van der Waals surface area contributed by atoms with E-state index in [-0.39, 0.29) is 24.0 Å². The van der Waals surface area contributed by atoms with Crippen molar-refractivity contribution in [2.24, 2.45) is 4.99 Å². The molecule has 7 nitrogen and oxygen atoms in total. The number of hydrogen-bond donors (Lipinski definition) is 4. The Morgan fingerprint density at radius 1 is 1.04 bits per heavy atom. The first-order valence-corrected chi connectivity index (χ1v) is 9.12. The Balaban J connectivity index is 0. The summed E-state index contributed by atoms with van der Waals surface area (Å²) < 4.78 is 5.29. The number of carbonyl (C=O) groups excluding carboxylic acids is 1. The lowest BCUT2D eigenvalue weighted by Gasteiger charge is -2.29. The van der Waals surface area contributed by atoms with Gasteiger partial charge < -0.3 is 25.8 Å². The van der Waals surface area contributed by atoms with Crippen molar-refractivity contribution in [3.05, 3.63) is 0 Å². The summed E-state index contributed by atoms with van der Waals surface area (Å²) in [5.74, 6) is 0.613. The second-order valence-corrected chi connectivity index (χ2v) is 7.99. The predicted molar refractivity (Wildman–Crippen MR) is 118 cm³/mol. The number of nitrogens with zero attached hydrogens (tertiary/aromatic N) is 1. The topological polar surface area (TPSA) is 95.0 Å². The van der Waals surface area contributed by atoms with E-state index in [0.717, 1.165) is 0 Å². The largest absolute Gasteiger partial charge is 0.444 e. The fourth-order valence-corrected chi connectivity index (χ4v) is 1.97. The fourth-order valence-electron chi connectivity index (χ4n) is 1.97. The standard InChI is InChI=1S/C18H38N4O3.HI/c1-9-18(24,10-2)13-21-14(19-11-3)20-12-17(7,8)22-15(23)25-16(4,5)6;/h24H,9-13H2,1-8H3,(H,22,23)(H2,19,20,21);1H. The quantitative estimate of drug-likeness (QED) is 0.241. The monoisotopic (exact) mass is 486 g/mol. The maximum atomic E-state index is 11.9. The number of nitrogens with one attached hydrogen (secondary N) is 3. The molecule has 0 aliphatic carbocycles. The molecule has 26 heavy (non-hydrogen) atoms. The molecule has 0 radical (unpaired) electrons. The molecular weight excluding hydrogens is 447 g/mol. The van der Waals surface area contributed by atoms with Gasteiger partial charge >= 0.3 is 6.09 Å². The van der Waals surface area contributed by atoms with Crippen molar-refractivity contribution >= 4 is 36.0 Å². The average Bonchev–Trinajstić information content (AvgIpc) is 2.47. The third-order valence-corrected chi connectivity index (χ3v) is 3.73. The Kier molecular flexibility index (Phi) is 12.5. The van der Waals surface area contributed by atoms with E-state index >= 15 is 0 Å². The molecule has 0 spiro atoms. The number of carbonyl (C=O) groups is 1. The number of rotatable bonds is 8. The van der Waals surface area contributed by atoms with E-state index in [1.54, 1.807) is 0 Å². The van der Waals surface area contributed by atoms with Gasteiger partial charge in [0.15, 0.2) is 5.96 Å². The van der Waals surface area contributed by atoms with E-state index in [0.29, 0.717) is 38.4 Å². The van der Waals surface area contributed by atoms with Crippen LogP contribution < -0.4 is 16.0 Å². The van der Waals surface area contributed by atoms with E-state index in [9.17, 15) is 9.90 Å². The first kappa shape index (κ1) is 27.4. The third-order valence-electron chi connectivity index (χ3n) is 3.73. The summed E-state index contributed by atoms with van der Waals surface area (Å²) in [6.45, 7) is 16.7. The van der Waals surface area contributed by atoms with Gasteiger partial charge in [0, 0.05) is 13.1 Å². The maximum absolute atomic E-state index is 11.9. The predicted octanol–water partition coefficient (Wildman–Crippen LogP) is 3.01. The molecule has 0 rings (SSSR count). The summed E-state index contributed by atoms with van der Waals surface area (Å²) in [7, 11) is 0. The summed E-state index contributed by atoms with van der Waals surface area (Å²) in [5, 5.41) is 19.6. The molecule has 0 atom stereocenters. The molecule has 0 heterocycles. The molecule has 8 heteroatoms. The second kappa shape index (κ2) is 11.8. The highest BCUT2D eigenvalue weighted by molar-refractivity contribution is 14.0. The van der Waals surface area contributed by atoms with Crippen LogP contribution in [0.15, 0.2) is 4.99 Å². The maximum Gasteiger partial charge on any atom is 0.408 e. The lowest BCUT2D eigenvalue weighted by atomic mass is 9.98. The van der Waals surface area contributed by atoms with Gasteiger partial charge in [-0.3, -0.25) is 4.99 Å². The minimum atomic E-state index is -0.785. The Bertz CT molecular complexity index is 444. The molecule has 0 bridgehead atoms. The zero-order valence-electron chi connectivity index (χ0n) is 17.7. The highest BCUT2D eigenvalue weighted by atomic mass is 127. The molecule has 0 fully saturated rings. The van der Waals surface area contributed by atoms with Crippen LogP contribution in [0, 0.1) is 0 Å². The summed E-state index contributed by atoms with van der Waals surface area (Å²) in [6.07, 6.45) is 0.850. The third kappa shape index (κ3) is 12.6. The highest BCUT2D eigenvalue weighted by Gasteiger charge is 2.25. The van der Waals surface area contributed by atoms with Crippen LogP contribution in [0.25, 0.3) is 0 Å². The van der Waals surface area contributed by atoms with Crippen molar-refractivity contribution in [2.75, 3.05) is 19.6 Å². The molecule has 0 saturated heterocycles. The molecule has 4 N–H and O–H groups in total. The molecule has 156 valence electrons. The van der Waals surface area contributed by atoms with E-state index in [1.807, 2.05) is 55.4 Å². The molecule has 0 aliphatic rings. The lowest BCUT2D eigenvalue weighted by molar-refractivity contribution is 0.0418. The molecule has 0 aromatic rings. The number of alkyl carbamates (subject to hydrolysis) is 1. The Morgan fingerprint density at radius 3 is 2.00 bits per heavy atom. The van der Waals surface area contributed by atoms with E-state index in [2.05, 4.69) is 20.9 Å². The average molecular weight is 486 g/mol. The van der Waals surface area contributed by atoms with Crippen molar-refractivity contribution in [3.63, 3.8) is 0 Å². The Hall–Kier alpha value is -0.770. The Labute approximate surface area is 176 Å². The zero-order chi connectivity index (χ0) is 19.7. The number of ether oxygens (including phenoxy) is 1. The lowest BCUT2D eigenvalue weighted by Crippen LogP contribution is -2.54. The van der Waals surface area contributed by atoms with Crippen LogP contribution in [-0.2, 0) is 4.74 Å². The molecule has 0 saturated carbocycles. The van der Waals surface area contributed by atoms with Crippen LogP contribution in [0.3, 0.4) is 0 Å². The number of hydrogen-bond acceptors (Lipinski definition) is 4. The van der Waals surface area contributed by atoms with E-state index in [1.165, 1.54) is 0 Å². The van der Waals surface area contributed by atoms with Crippen LogP contribution in [0.2, 0.25) is 0 Å². The van der Waals surface area contributed by atoms with Crippen LogP contribution in [0.4, 0.5) is 4.79 Å². The van der Waals surface area contributed by atoms with Crippen molar-refractivity contribution in [3.8, 4) is 0 Å². The smallest absolute Gasteiger partial charge is 0.408 e. The molecule has 1 amide bonds.